The standard InChI is InChI=1S/C8H16N2O3/c1-5(2)4-6(7(11)13-3)10-8(9)12/h5-6H,4H2,1-3H3,(H3,9,10,12)/t6-/m1/s1. The van der Waals surface area contributed by atoms with Gasteiger partial charge in [-0.15, -0.1) is 0 Å². The molecular weight excluding hydrogens is 172 g/mol. The first-order valence-corrected chi connectivity index (χ1v) is 4.11. The van der Waals surface area contributed by atoms with E-state index in [4.69, 9.17) is 5.73 Å². The fourth-order valence-electron chi connectivity index (χ4n) is 0.999. The number of hydrogen-bond donors (Lipinski definition) is 2. The van der Waals surface area contributed by atoms with Crippen LogP contribution in [0, 0.1) is 5.92 Å². The highest BCUT2D eigenvalue weighted by Crippen LogP contribution is 2.05. The topological polar surface area (TPSA) is 81.4 Å². The second kappa shape index (κ2) is 5.40. The average Bonchev–Trinajstić information content (AvgIpc) is 2.00. The van der Waals surface area contributed by atoms with Crippen molar-refractivity contribution in [1.29, 1.82) is 0 Å². The second-order valence-corrected chi connectivity index (χ2v) is 3.21. The third-order valence-corrected chi connectivity index (χ3v) is 1.51. The highest BCUT2D eigenvalue weighted by molar-refractivity contribution is 5.82. The molecule has 1 atom stereocenters. The molecule has 0 aromatic heterocycles. The molecule has 0 saturated heterocycles. The number of methoxy groups -OCH3 is 1. The van der Waals surface area contributed by atoms with Crippen LogP contribution in [0.4, 0.5) is 4.79 Å². The van der Waals surface area contributed by atoms with E-state index in [9.17, 15) is 9.59 Å². The lowest BCUT2D eigenvalue weighted by molar-refractivity contribution is -0.143. The number of esters is 1. The van der Waals surface area contributed by atoms with Gasteiger partial charge in [0.25, 0.3) is 0 Å². The molecule has 0 spiro atoms. The van der Waals surface area contributed by atoms with Gasteiger partial charge in [0.15, 0.2) is 0 Å². The number of nitrogens with two attached hydrogens (primary N) is 1. The minimum atomic E-state index is -0.712. The van der Waals surface area contributed by atoms with Crippen LogP contribution in [0.5, 0.6) is 0 Å². The van der Waals surface area contributed by atoms with Crippen LogP contribution in [0.2, 0.25) is 0 Å². The fourth-order valence-corrected chi connectivity index (χ4v) is 0.999. The molecule has 0 bridgehead atoms. The molecule has 0 aliphatic heterocycles. The number of nitrogens with one attached hydrogen (secondary N) is 1. The van der Waals surface area contributed by atoms with Gasteiger partial charge in [-0.2, -0.15) is 0 Å². The quantitative estimate of drug-likeness (QED) is 0.620. The van der Waals surface area contributed by atoms with Crippen molar-refractivity contribution in [1.82, 2.24) is 5.32 Å². The maximum Gasteiger partial charge on any atom is 0.328 e. The Kier molecular flexibility index (Phi) is 4.87. The van der Waals surface area contributed by atoms with E-state index in [0.717, 1.165) is 0 Å². The Labute approximate surface area is 77.6 Å². The van der Waals surface area contributed by atoms with E-state index in [2.05, 4.69) is 10.1 Å². The van der Waals surface area contributed by atoms with Gasteiger partial charge in [-0.05, 0) is 12.3 Å². The molecule has 0 aromatic rings. The van der Waals surface area contributed by atoms with Crippen LogP contribution >= 0.6 is 0 Å². The van der Waals surface area contributed by atoms with Crippen LogP contribution in [0.15, 0.2) is 0 Å². The molecule has 76 valence electrons. The van der Waals surface area contributed by atoms with Crippen molar-refractivity contribution < 1.29 is 14.3 Å². The number of urea groups is 1. The molecular formula is C8H16N2O3. The maximum atomic E-state index is 11.1. The van der Waals surface area contributed by atoms with Crippen LogP contribution < -0.4 is 11.1 Å². The molecule has 5 nitrogen and oxygen atoms in total. The number of carbonyl (C=O) groups excluding carboxylic acids is 2. The molecule has 0 aliphatic rings. The Balaban J connectivity index is 4.18. The smallest absolute Gasteiger partial charge is 0.328 e. The van der Waals surface area contributed by atoms with E-state index in [1.807, 2.05) is 13.8 Å². The summed E-state index contributed by atoms with van der Waals surface area (Å²) in [5.41, 5.74) is 4.90. The summed E-state index contributed by atoms with van der Waals surface area (Å²) in [6.07, 6.45) is 0.523. The summed E-state index contributed by atoms with van der Waals surface area (Å²) >= 11 is 0. The number of ether oxygens (including phenoxy) is 1. The molecule has 0 unspecified atom stereocenters. The summed E-state index contributed by atoms with van der Waals surface area (Å²) < 4.78 is 4.50. The highest BCUT2D eigenvalue weighted by atomic mass is 16.5. The average molecular weight is 188 g/mol. The van der Waals surface area contributed by atoms with Crippen molar-refractivity contribution in [3.8, 4) is 0 Å². The summed E-state index contributed by atoms with van der Waals surface area (Å²) in [5, 5.41) is 2.33. The lowest BCUT2D eigenvalue weighted by Crippen LogP contribution is -2.44. The Morgan fingerprint density at radius 1 is 1.46 bits per heavy atom. The van der Waals surface area contributed by atoms with Crippen LogP contribution in [0.1, 0.15) is 20.3 Å². The molecule has 0 saturated carbocycles. The van der Waals surface area contributed by atoms with Gasteiger partial charge in [0.05, 0.1) is 7.11 Å². The van der Waals surface area contributed by atoms with E-state index in [1.165, 1.54) is 7.11 Å². The van der Waals surface area contributed by atoms with Gasteiger partial charge in [0.1, 0.15) is 6.04 Å². The van der Waals surface area contributed by atoms with E-state index in [0.29, 0.717) is 6.42 Å². The first kappa shape index (κ1) is 11.7. The Bertz CT molecular complexity index is 192. The highest BCUT2D eigenvalue weighted by Gasteiger charge is 2.21. The predicted octanol–water partition coefficient (Wildman–Crippen LogP) is 0.242. The van der Waals surface area contributed by atoms with Crippen LogP contribution in [0.3, 0.4) is 0 Å². The maximum absolute atomic E-state index is 11.1. The summed E-state index contributed by atoms with van der Waals surface area (Å²) in [7, 11) is 1.28. The second-order valence-electron chi connectivity index (χ2n) is 3.21. The van der Waals surface area contributed by atoms with Crippen molar-refractivity contribution in [2.24, 2.45) is 11.7 Å². The number of carbonyl (C=O) groups is 2. The fraction of sp³-hybridized carbons (Fsp3) is 0.750. The van der Waals surface area contributed by atoms with Gasteiger partial charge < -0.3 is 15.8 Å². The molecule has 3 N–H and O–H groups in total. The van der Waals surface area contributed by atoms with E-state index in [-0.39, 0.29) is 5.92 Å². The normalized spacial score (nSPS) is 12.3. The Morgan fingerprint density at radius 2 is 2.00 bits per heavy atom. The van der Waals surface area contributed by atoms with Crippen molar-refractivity contribution in [3.05, 3.63) is 0 Å². The van der Waals surface area contributed by atoms with Crippen molar-refractivity contribution in [2.75, 3.05) is 7.11 Å². The minimum Gasteiger partial charge on any atom is -0.467 e. The molecule has 13 heavy (non-hydrogen) atoms. The van der Waals surface area contributed by atoms with Gasteiger partial charge in [0, 0.05) is 0 Å². The van der Waals surface area contributed by atoms with Crippen LogP contribution in [-0.2, 0) is 9.53 Å². The lowest BCUT2D eigenvalue weighted by atomic mass is 10.0. The van der Waals surface area contributed by atoms with E-state index >= 15 is 0 Å². The Hall–Kier alpha value is -1.26. The predicted molar refractivity (Wildman–Crippen MR) is 48.0 cm³/mol. The summed E-state index contributed by atoms with van der Waals surface area (Å²) in [5.74, 6) is -0.177. The lowest BCUT2D eigenvalue weighted by Gasteiger charge is -2.16. The molecule has 0 fully saturated rings. The monoisotopic (exact) mass is 188 g/mol. The van der Waals surface area contributed by atoms with Gasteiger partial charge in [-0.1, -0.05) is 13.8 Å². The van der Waals surface area contributed by atoms with Crippen LogP contribution in [-0.4, -0.2) is 25.2 Å². The number of primary amides is 1. The number of amides is 2. The molecule has 0 aromatic carbocycles. The zero-order valence-electron chi connectivity index (χ0n) is 8.16. The number of rotatable bonds is 4. The number of hydrogen-bond acceptors (Lipinski definition) is 3. The molecule has 0 aliphatic carbocycles. The van der Waals surface area contributed by atoms with Crippen molar-refractivity contribution >= 4 is 12.0 Å². The summed E-state index contributed by atoms with van der Waals surface area (Å²) in [6, 6.07) is -1.35. The third-order valence-electron chi connectivity index (χ3n) is 1.51. The summed E-state index contributed by atoms with van der Waals surface area (Å²) in [4.78, 5) is 21.6. The van der Waals surface area contributed by atoms with Gasteiger partial charge in [-0.3, -0.25) is 0 Å². The minimum absolute atomic E-state index is 0.288. The van der Waals surface area contributed by atoms with Gasteiger partial charge >= 0.3 is 12.0 Å². The van der Waals surface area contributed by atoms with Crippen molar-refractivity contribution in [3.63, 3.8) is 0 Å². The van der Waals surface area contributed by atoms with E-state index in [1.54, 1.807) is 0 Å². The molecule has 0 radical (unpaired) electrons. The molecule has 0 heterocycles. The van der Waals surface area contributed by atoms with Crippen molar-refractivity contribution in [2.45, 2.75) is 26.3 Å². The Morgan fingerprint density at radius 3 is 2.31 bits per heavy atom. The largest absolute Gasteiger partial charge is 0.467 e. The molecule has 0 rings (SSSR count). The molecule has 5 heteroatoms. The first-order valence-electron chi connectivity index (χ1n) is 4.11. The third kappa shape index (κ3) is 5.05. The SMILES string of the molecule is COC(=O)[C@@H](CC(C)C)NC(N)=O. The van der Waals surface area contributed by atoms with Crippen LogP contribution in [0.25, 0.3) is 0 Å². The zero-order chi connectivity index (χ0) is 10.4. The zero-order valence-corrected chi connectivity index (χ0v) is 8.16. The first-order chi connectivity index (χ1) is 5.97. The summed E-state index contributed by atoms with van der Waals surface area (Å²) in [6.45, 7) is 3.89. The molecule has 2 amide bonds. The van der Waals surface area contributed by atoms with Gasteiger partial charge in [-0.25, -0.2) is 9.59 Å². The van der Waals surface area contributed by atoms with E-state index < -0.39 is 18.0 Å². The van der Waals surface area contributed by atoms with Gasteiger partial charge in [0.2, 0.25) is 0 Å².